The summed E-state index contributed by atoms with van der Waals surface area (Å²) < 4.78 is 19.0. The molecule has 0 bridgehead atoms. The lowest BCUT2D eigenvalue weighted by atomic mass is 10.0. The summed E-state index contributed by atoms with van der Waals surface area (Å²) in [4.78, 5) is 4.13. The molecule has 1 aliphatic heterocycles. The van der Waals surface area contributed by atoms with Crippen LogP contribution in [0.1, 0.15) is 39.0 Å². The van der Waals surface area contributed by atoms with Crippen LogP contribution in [-0.2, 0) is 4.74 Å². The Kier molecular flexibility index (Phi) is 4.30. The van der Waals surface area contributed by atoms with Crippen LogP contribution in [0.4, 0.5) is 4.39 Å². The van der Waals surface area contributed by atoms with Gasteiger partial charge < -0.3 is 10.1 Å². The van der Waals surface area contributed by atoms with E-state index in [4.69, 9.17) is 4.74 Å². The molecule has 2 heterocycles. The zero-order valence-corrected chi connectivity index (χ0v) is 11.2. The summed E-state index contributed by atoms with van der Waals surface area (Å²) in [7, 11) is 0. The summed E-state index contributed by atoms with van der Waals surface area (Å²) in [5.41, 5.74) is 0.796. The third-order valence-electron chi connectivity index (χ3n) is 3.24. The van der Waals surface area contributed by atoms with E-state index in [1.54, 1.807) is 6.07 Å². The molecule has 3 unspecified atom stereocenters. The van der Waals surface area contributed by atoms with E-state index in [0.29, 0.717) is 5.92 Å². The van der Waals surface area contributed by atoms with Crippen LogP contribution in [-0.4, -0.2) is 23.7 Å². The Morgan fingerprint density at radius 2 is 2.28 bits per heavy atom. The van der Waals surface area contributed by atoms with Crippen LogP contribution in [0.25, 0.3) is 0 Å². The number of hydrogen-bond acceptors (Lipinski definition) is 3. The van der Waals surface area contributed by atoms with Gasteiger partial charge in [0, 0.05) is 12.6 Å². The second-order valence-electron chi connectivity index (χ2n) is 5.41. The second-order valence-corrected chi connectivity index (χ2v) is 5.41. The fraction of sp³-hybridized carbons (Fsp3) is 0.643. The van der Waals surface area contributed by atoms with Crippen LogP contribution in [0, 0.1) is 11.7 Å². The first-order chi connectivity index (χ1) is 8.56. The average Bonchev–Trinajstić information content (AvgIpc) is 2.32. The molecule has 1 saturated heterocycles. The summed E-state index contributed by atoms with van der Waals surface area (Å²) in [6, 6.07) is 3.34. The van der Waals surface area contributed by atoms with Gasteiger partial charge >= 0.3 is 0 Å². The molecule has 0 amide bonds. The minimum Gasteiger partial charge on any atom is -0.366 e. The van der Waals surface area contributed by atoms with Crippen molar-refractivity contribution in [3.05, 3.63) is 29.8 Å². The van der Waals surface area contributed by atoms with Gasteiger partial charge in [-0.15, -0.1) is 0 Å². The molecule has 1 aliphatic rings. The SMILES string of the molecule is CC(C)CC1CNC(C)C(c2ccc(F)cn2)O1. The summed E-state index contributed by atoms with van der Waals surface area (Å²) in [5.74, 6) is 0.293. The topological polar surface area (TPSA) is 34.2 Å². The minimum absolute atomic E-state index is 0.0944. The fourth-order valence-electron chi connectivity index (χ4n) is 2.34. The molecule has 1 aromatic rings. The Labute approximate surface area is 108 Å². The Morgan fingerprint density at radius 3 is 2.89 bits per heavy atom. The smallest absolute Gasteiger partial charge is 0.141 e. The van der Waals surface area contributed by atoms with Crippen molar-refractivity contribution in [1.29, 1.82) is 0 Å². The number of rotatable bonds is 3. The molecule has 0 saturated carbocycles. The van der Waals surface area contributed by atoms with E-state index in [-0.39, 0.29) is 24.1 Å². The van der Waals surface area contributed by atoms with E-state index >= 15 is 0 Å². The lowest BCUT2D eigenvalue weighted by Crippen LogP contribution is -2.47. The molecular weight excluding hydrogens is 231 g/mol. The monoisotopic (exact) mass is 252 g/mol. The number of pyridine rings is 1. The summed E-state index contributed by atoms with van der Waals surface area (Å²) in [6.07, 6.45) is 2.38. The van der Waals surface area contributed by atoms with E-state index < -0.39 is 0 Å². The molecule has 2 rings (SSSR count). The van der Waals surface area contributed by atoms with Crippen molar-refractivity contribution in [3.8, 4) is 0 Å². The normalized spacial score (nSPS) is 28.6. The van der Waals surface area contributed by atoms with Gasteiger partial charge in [-0.2, -0.15) is 0 Å². The zero-order chi connectivity index (χ0) is 13.1. The van der Waals surface area contributed by atoms with Gasteiger partial charge in [-0.1, -0.05) is 13.8 Å². The average molecular weight is 252 g/mol. The van der Waals surface area contributed by atoms with Gasteiger partial charge in [-0.05, 0) is 31.4 Å². The molecule has 3 nitrogen and oxygen atoms in total. The van der Waals surface area contributed by atoms with E-state index in [1.807, 2.05) is 0 Å². The largest absolute Gasteiger partial charge is 0.366 e. The van der Waals surface area contributed by atoms with Crippen LogP contribution in [0.5, 0.6) is 0 Å². The first kappa shape index (κ1) is 13.4. The van der Waals surface area contributed by atoms with Crippen LogP contribution >= 0.6 is 0 Å². The minimum atomic E-state index is -0.311. The van der Waals surface area contributed by atoms with Crippen LogP contribution in [0.15, 0.2) is 18.3 Å². The molecule has 18 heavy (non-hydrogen) atoms. The second kappa shape index (κ2) is 5.76. The maximum absolute atomic E-state index is 12.9. The maximum Gasteiger partial charge on any atom is 0.141 e. The molecule has 1 N–H and O–H groups in total. The van der Waals surface area contributed by atoms with E-state index in [2.05, 4.69) is 31.1 Å². The van der Waals surface area contributed by atoms with Gasteiger partial charge in [0.1, 0.15) is 11.9 Å². The van der Waals surface area contributed by atoms with Crippen molar-refractivity contribution in [2.45, 2.75) is 45.4 Å². The maximum atomic E-state index is 12.9. The lowest BCUT2D eigenvalue weighted by molar-refractivity contribution is -0.0706. The third kappa shape index (κ3) is 3.27. The molecule has 0 radical (unpaired) electrons. The highest BCUT2D eigenvalue weighted by atomic mass is 19.1. The van der Waals surface area contributed by atoms with Gasteiger partial charge in [0.2, 0.25) is 0 Å². The predicted octanol–water partition coefficient (Wildman–Crippen LogP) is 2.68. The van der Waals surface area contributed by atoms with Crippen molar-refractivity contribution < 1.29 is 9.13 Å². The molecule has 4 heteroatoms. The number of halogens is 1. The van der Waals surface area contributed by atoms with Gasteiger partial charge in [-0.25, -0.2) is 4.39 Å². The van der Waals surface area contributed by atoms with E-state index in [1.165, 1.54) is 12.3 Å². The molecule has 1 fully saturated rings. The van der Waals surface area contributed by atoms with Gasteiger partial charge in [-0.3, -0.25) is 4.98 Å². The van der Waals surface area contributed by atoms with Gasteiger partial charge in [0.25, 0.3) is 0 Å². The highest BCUT2D eigenvalue weighted by Crippen LogP contribution is 2.26. The number of morpholine rings is 1. The standard InChI is InChI=1S/C14H21FN2O/c1-9(2)6-12-8-16-10(3)14(18-12)13-5-4-11(15)7-17-13/h4-5,7,9-10,12,14,16H,6,8H2,1-3H3. The number of hydrogen-bond donors (Lipinski definition) is 1. The molecular formula is C14H21FN2O. The summed E-state index contributed by atoms with van der Waals surface area (Å²) >= 11 is 0. The van der Waals surface area contributed by atoms with Crippen molar-refractivity contribution in [3.63, 3.8) is 0 Å². The van der Waals surface area contributed by atoms with Gasteiger partial charge in [0.15, 0.2) is 0 Å². The summed E-state index contributed by atoms with van der Waals surface area (Å²) in [6.45, 7) is 7.32. The van der Waals surface area contributed by atoms with E-state index in [9.17, 15) is 4.39 Å². The quantitative estimate of drug-likeness (QED) is 0.898. The molecule has 0 aliphatic carbocycles. The highest BCUT2D eigenvalue weighted by Gasteiger charge is 2.30. The molecule has 100 valence electrons. The molecule has 0 spiro atoms. The molecule has 1 aromatic heterocycles. The first-order valence-corrected chi connectivity index (χ1v) is 6.56. The van der Waals surface area contributed by atoms with Crippen LogP contribution in [0.2, 0.25) is 0 Å². The Balaban J connectivity index is 2.07. The number of ether oxygens (including phenoxy) is 1. The third-order valence-corrected chi connectivity index (χ3v) is 3.24. The first-order valence-electron chi connectivity index (χ1n) is 6.56. The van der Waals surface area contributed by atoms with E-state index in [0.717, 1.165) is 18.7 Å². The van der Waals surface area contributed by atoms with Crippen molar-refractivity contribution in [2.24, 2.45) is 5.92 Å². The molecule has 3 atom stereocenters. The Hall–Kier alpha value is -1.00. The van der Waals surface area contributed by atoms with Crippen LogP contribution in [0.3, 0.4) is 0 Å². The lowest BCUT2D eigenvalue weighted by Gasteiger charge is -2.36. The number of nitrogens with one attached hydrogen (secondary N) is 1. The zero-order valence-electron chi connectivity index (χ0n) is 11.2. The number of aromatic nitrogens is 1. The Morgan fingerprint density at radius 1 is 1.50 bits per heavy atom. The van der Waals surface area contributed by atoms with Crippen molar-refractivity contribution >= 4 is 0 Å². The predicted molar refractivity (Wildman–Crippen MR) is 68.7 cm³/mol. The fourth-order valence-corrected chi connectivity index (χ4v) is 2.34. The van der Waals surface area contributed by atoms with Gasteiger partial charge in [0.05, 0.1) is 18.0 Å². The van der Waals surface area contributed by atoms with Crippen LogP contribution < -0.4 is 5.32 Å². The Bertz CT molecular complexity index is 380. The van der Waals surface area contributed by atoms with Crippen molar-refractivity contribution in [2.75, 3.05) is 6.54 Å². The highest BCUT2D eigenvalue weighted by molar-refractivity contribution is 5.11. The molecule has 0 aromatic carbocycles. The number of nitrogens with zero attached hydrogens (tertiary/aromatic N) is 1. The van der Waals surface area contributed by atoms with Crippen molar-refractivity contribution in [1.82, 2.24) is 10.3 Å². The summed E-state index contributed by atoms with van der Waals surface area (Å²) in [5, 5.41) is 3.44.